The Morgan fingerprint density at radius 2 is 2.09 bits per heavy atom. The summed E-state index contributed by atoms with van der Waals surface area (Å²) < 4.78 is 0. The van der Waals surface area contributed by atoms with E-state index in [0.29, 0.717) is 29.6 Å². The van der Waals surface area contributed by atoms with Crippen molar-refractivity contribution in [1.29, 1.82) is 5.26 Å². The summed E-state index contributed by atoms with van der Waals surface area (Å²) in [6, 6.07) is 6.45. The Bertz CT molecular complexity index is 723. The van der Waals surface area contributed by atoms with E-state index < -0.39 is 0 Å². The number of hydrogen-bond acceptors (Lipinski definition) is 6. The van der Waals surface area contributed by atoms with Crippen LogP contribution in [0.5, 0.6) is 0 Å². The Balaban J connectivity index is 1.95. The van der Waals surface area contributed by atoms with Gasteiger partial charge in [0.05, 0.1) is 11.3 Å². The molecule has 1 fully saturated rings. The fourth-order valence-electron chi connectivity index (χ4n) is 3.37. The molecule has 0 spiro atoms. The zero-order valence-corrected chi connectivity index (χ0v) is 13.4. The second-order valence-electron chi connectivity index (χ2n) is 6.18. The Morgan fingerprint density at radius 1 is 1.30 bits per heavy atom. The monoisotopic (exact) mass is 310 g/mol. The van der Waals surface area contributed by atoms with Gasteiger partial charge in [0.1, 0.15) is 17.1 Å². The van der Waals surface area contributed by atoms with Crippen LogP contribution in [0, 0.1) is 17.2 Å². The highest BCUT2D eigenvalue weighted by atomic mass is 15.2. The van der Waals surface area contributed by atoms with Crippen LogP contribution in [0.2, 0.25) is 0 Å². The molecule has 1 aliphatic rings. The number of piperidine rings is 1. The van der Waals surface area contributed by atoms with Crippen molar-refractivity contribution in [2.75, 3.05) is 31.1 Å². The quantitative estimate of drug-likeness (QED) is 0.883. The summed E-state index contributed by atoms with van der Waals surface area (Å²) in [6.07, 6.45) is 4.47. The Labute approximate surface area is 136 Å². The van der Waals surface area contributed by atoms with Gasteiger partial charge >= 0.3 is 0 Å². The number of nitrogens with one attached hydrogen (secondary N) is 1. The van der Waals surface area contributed by atoms with Crippen molar-refractivity contribution in [3.63, 3.8) is 0 Å². The molecule has 120 valence electrons. The average Bonchev–Trinajstić information content (AvgIpc) is 2.58. The van der Waals surface area contributed by atoms with Crippen molar-refractivity contribution < 1.29 is 0 Å². The lowest BCUT2D eigenvalue weighted by Gasteiger charge is -2.38. The van der Waals surface area contributed by atoms with E-state index in [1.807, 2.05) is 12.1 Å². The van der Waals surface area contributed by atoms with E-state index >= 15 is 0 Å². The molecule has 0 radical (unpaired) electrons. The van der Waals surface area contributed by atoms with E-state index in [0.717, 1.165) is 37.3 Å². The van der Waals surface area contributed by atoms with E-state index in [2.05, 4.69) is 33.2 Å². The van der Waals surface area contributed by atoms with E-state index in [-0.39, 0.29) is 0 Å². The molecule has 2 aromatic rings. The SMILES string of the molecule is C[C@H]1C[C@@H](NCCN)CN(c2ccc(C#N)c3nccnc23)C1. The van der Waals surface area contributed by atoms with Gasteiger partial charge in [-0.05, 0) is 24.5 Å². The number of nitrogens with zero attached hydrogens (tertiary/aromatic N) is 4. The molecule has 0 aliphatic carbocycles. The highest BCUT2D eigenvalue weighted by molar-refractivity contribution is 5.92. The molecule has 6 heteroatoms. The molecule has 1 aromatic carbocycles. The maximum atomic E-state index is 9.26. The van der Waals surface area contributed by atoms with Crippen LogP contribution in [0.1, 0.15) is 18.9 Å². The topological polar surface area (TPSA) is 90.9 Å². The van der Waals surface area contributed by atoms with Crippen LogP contribution >= 0.6 is 0 Å². The van der Waals surface area contributed by atoms with Gasteiger partial charge in [0.2, 0.25) is 0 Å². The number of nitriles is 1. The Kier molecular flexibility index (Phi) is 4.70. The molecule has 1 saturated heterocycles. The molecule has 3 rings (SSSR count). The van der Waals surface area contributed by atoms with Gasteiger partial charge in [-0.3, -0.25) is 9.97 Å². The molecular formula is C17H22N6. The van der Waals surface area contributed by atoms with Crippen LogP contribution in [0.4, 0.5) is 5.69 Å². The van der Waals surface area contributed by atoms with Crippen LogP contribution in [-0.4, -0.2) is 42.2 Å². The van der Waals surface area contributed by atoms with Crippen LogP contribution < -0.4 is 16.0 Å². The van der Waals surface area contributed by atoms with E-state index in [1.165, 1.54) is 0 Å². The number of fused-ring (bicyclic) bond motifs is 1. The fraction of sp³-hybridized carbons (Fsp3) is 0.471. The van der Waals surface area contributed by atoms with Gasteiger partial charge < -0.3 is 16.0 Å². The molecule has 1 aromatic heterocycles. The van der Waals surface area contributed by atoms with Crippen LogP contribution in [0.3, 0.4) is 0 Å². The van der Waals surface area contributed by atoms with Gasteiger partial charge in [-0.15, -0.1) is 0 Å². The smallest absolute Gasteiger partial charge is 0.113 e. The van der Waals surface area contributed by atoms with Gasteiger partial charge in [-0.25, -0.2) is 0 Å². The lowest BCUT2D eigenvalue weighted by Crippen LogP contribution is -2.49. The maximum Gasteiger partial charge on any atom is 0.113 e. The lowest BCUT2D eigenvalue weighted by molar-refractivity contribution is 0.354. The predicted octanol–water partition coefficient (Wildman–Crippen LogP) is 1.26. The van der Waals surface area contributed by atoms with Crippen LogP contribution in [0.15, 0.2) is 24.5 Å². The summed E-state index contributed by atoms with van der Waals surface area (Å²) in [5.41, 5.74) is 8.71. The summed E-state index contributed by atoms with van der Waals surface area (Å²) >= 11 is 0. The first-order valence-electron chi connectivity index (χ1n) is 8.05. The predicted molar refractivity (Wildman–Crippen MR) is 91.1 cm³/mol. The van der Waals surface area contributed by atoms with Crippen molar-refractivity contribution in [3.05, 3.63) is 30.1 Å². The summed E-state index contributed by atoms with van der Waals surface area (Å²) in [7, 11) is 0. The molecule has 0 bridgehead atoms. The minimum absolute atomic E-state index is 0.421. The number of nitrogens with two attached hydrogens (primary N) is 1. The molecule has 0 amide bonds. The molecule has 23 heavy (non-hydrogen) atoms. The van der Waals surface area contributed by atoms with Crippen LogP contribution in [0.25, 0.3) is 11.0 Å². The highest BCUT2D eigenvalue weighted by Gasteiger charge is 2.26. The Hall–Kier alpha value is -2.23. The molecule has 0 saturated carbocycles. The van der Waals surface area contributed by atoms with Gasteiger partial charge in [0.15, 0.2) is 0 Å². The summed E-state index contributed by atoms with van der Waals surface area (Å²) in [5.74, 6) is 0.585. The zero-order valence-electron chi connectivity index (χ0n) is 13.4. The molecule has 3 N–H and O–H groups in total. The molecule has 1 aliphatic heterocycles. The van der Waals surface area contributed by atoms with Crippen molar-refractivity contribution in [2.24, 2.45) is 11.7 Å². The number of hydrogen-bond donors (Lipinski definition) is 2. The lowest BCUT2D eigenvalue weighted by atomic mass is 9.95. The average molecular weight is 310 g/mol. The first kappa shape index (κ1) is 15.7. The van der Waals surface area contributed by atoms with Crippen molar-refractivity contribution in [3.8, 4) is 6.07 Å². The molecule has 2 heterocycles. The molecular weight excluding hydrogens is 288 g/mol. The third-order valence-electron chi connectivity index (χ3n) is 4.30. The minimum Gasteiger partial charge on any atom is -0.368 e. The maximum absolute atomic E-state index is 9.26. The van der Waals surface area contributed by atoms with Crippen molar-refractivity contribution in [1.82, 2.24) is 15.3 Å². The summed E-state index contributed by atoms with van der Waals surface area (Å²) in [6.45, 7) is 5.65. The number of aromatic nitrogens is 2. The van der Waals surface area contributed by atoms with Crippen molar-refractivity contribution in [2.45, 2.75) is 19.4 Å². The van der Waals surface area contributed by atoms with Crippen molar-refractivity contribution >= 4 is 16.7 Å². The van der Waals surface area contributed by atoms with Gasteiger partial charge in [0, 0.05) is 44.6 Å². The van der Waals surface area contributed by atoms with Gasteiger partial charge in [-0.2, -0.15) is 5.26 Å². The first-order chi connectivity index (χ1) is 11.2. The number of anilines is 1. The van der Waals surface area contributed by atoms with E-state index in [1.54, 1.807) is 12.4 Å². The highest BCUT2D eigenvalue weighted by Crippen LogP contribution is 2.29. The van der Waals surface area contributed by atoms with Crippen LogP contribution in [-0.2, 0) is 0 Å². The molecule has 2 atom stereocenters. The van der Waals surface area contributed by atoms with Gasteiger partial charge in [-0.1, -0.05) is 6.92 Å². The second kappa shape index (κ2) is 6.90. The summed E-state index contributed by atoms with van der Waals surface area (Å²) in [4.78, 5) is 11.2. The van der Waals surface area contributed by atoms with E-state index in [4.69, 9.17) is 5.73 Å². The summed E-state index contributed by atoms with van der Waals surface area (Å²) in [5, 5.41) is 12.8. The normalized spacial score (nSPS) is 21.3. The Morgan fingerprint density at radius 3 is 2.83 bits per heavy atom. The second-order valence-corrected chi connectivity index (χ2v) is 6.18. The number of benzene rings is 1. The zero-order chi connectivity index (χ0) is 16.2. The minimum atomic E-state index is 0.421. The third kappa shape index (κ3) is 3.26. The largest absolute Gasteiger partial charge is 0.368 e. The van der Waals surface area contributed by atoms with E-state index in [9.17, 15) is 5.26 Å². The standard InChI is InChI=1S/C17H22N6/c1-12-8-14(20-5-4-18)11-23(10-12)15-3-2-13(9-19)16-17(15)22-7-6-21-16/h2-3,6-7,12,14,20H,4-5,8,10-11,18H2,1H3/t12-,14+/m0/s1. The fourth-order valence-corrected chi connectivity index (χ4v) is 3.37. The first-order valence-corrected chi connectivity index (χ1v) is 8.05. The third-order valence-corrected chi connectivity index (χ3v) is 4.30. The van der Waals surface area contributed by atoms with Gasteiger partial charge in [0.25, 0.3) is 0 Å². The molecule has 6 nitrogen and oxygen atoms in total. The molecule has 0 unspecified atom stereocenters. The number of rotatable bonds is 4.